The van der Waals surface area contributed by atoms with E-state index in [9.17, 15) is 13.6 Å². The Morgan fingerprint density at radius 2 is 2.03 bits per heavy atom. The van der Waals surface area contributed by atoms with E-state index in [1.807, 2.05) is 39.2 Å². The average Bonchev–Trinajstić information content (AvgIpc) is 2.79. The molecule has 1 unspecified atom stereocenters. The normalized spacial score (nSPS) is 17.3. The van der Waals surface area contributed by atoms with Crippen molar-refractivity contribution in [2.24, 2.45) is 10.9 Å². The fraction of sp³-hybridized carbons (Fsp3) is 0.333. The second-order valence-electron chi connectivity index (χ2n) is 8.69. The standard InChI is InChI=1S/C27H32F2N4O.2H2/c1-6-33(5)16-26-18(3)11-23(15-30-26)31-19(4)24-14-22(9-7-17(24)2)32-27(34)13-20-12-21(28)8-10-25(20)29;;/h7-12,14-16,18-19,31H,6,13H2,1-5H3,(H,32,34);2*1H/b26-16+;;/t18?,19-;;/m0../s1. The third-order valence-corrected chi connectivity index (χ3v) is 5.87. The van der Waals surface area contributed by atoms with E-state index < -0.39 is 17.5 Å². The molecule has 7 heteroatoms. The monoisotopic (exact) mass is 470 g/mol. The lowest BCUT2D eigenvalue weighted by molar-refractivity contribution is -0.115. The molecule has 1 amide bonds. The quantitative estimate of drug-likeness (QED) is 0.498. The molecular weight excluding hydrogens is 434 g/mol. The van der Waals surface area contributed by atoms with Crippen LogP contribution in [0.4, 0.5) is 14.5 Å². The molecule has 34 heavy (non-hydrogen) atoms. The van der Waals surface area contributed by atoms with Crippen LogP contribution in [0.5, 0.6) is 0 Å². The maximum absolute atomic E-state index is 13.9. The summed E-state index contributed by atoms with van der Waals surface area (Å²) < 4.78 is 27.3. The molecule has 0 spiro atoms. The summed E-state index contributed by atoms with van der Waals surface area (Å²) in [7, 11) is 2.03. The van der Waals surface area contributed by atoms with Gasteiger partial charge < -0.3 is 15.5 Å². The Labute approximate surface area is 203 Å². The molecule has 0 aromatic heterocycles. The minimum Gasteiger partial charge on any atom is -0.379 e. The highest BCUT2D eigenvalue weighted by molar-refractivity contribution is 5.92. The summed E-state index contributed by atoms with van der Waals surface area (Å²) in [5.41, 5.74) is 4.66. The van der Waals surface area contributed by atoms with Gasteiger partial charge in [0.15, 0.2) is 0 Å². The van der Waals surface area contributed by atoms with Crippen molar-refractivity contribution in [3.63, 3.8) is 0 Å². The number of hydrogen-bond acceptors (Lipinski definition) is 4. The molecule has 0 saturated heterocycles. The van der Waals surface area contributed by atoms with E-state index in [1.165, 1.54) is 0 Å². The number of rotatable bonds is 8. The number of halogens is 2. The lowest BCUT2D eigenvalue weighted by atomic mass is 10.00. The molecular formula is C27H36F2N4O. The number of nitrogens with zero attached hydrogens (tertiary/aromatic N) is 2. The van der Waals surface area contributed by atoms with E-state index in [2.05, 4.69) is 46.6 Å². The van der Waals surface area contributed by atoms with E-state index in [1.54, 1.807) is 6.07 Å². The second kappa shape index (κ2) is 11.1. The van der Waals surface area contributed by atoms with Crippen LogP contribution in [-0.2, 0) is 11.2 Å². The lowest BCUT2D eigenvalue weighted by Crippen LogP contribution is -2.23. The fourth-order valence-electron chi connectivity index (χ4n) is 3.78. The van der Waals surface area contributed by atoms with Gasteiger partial charge in [0.25, 0.3) is 0 Å². The van der Waals surface area contributed by atoms with Gasteiger partial charge in [0, 0.05) is 51.6 Å². The smallest absolute Gasteiger partial charge is 0.228 e. The Morgan fingerprint density at radius 1 is 1.26 bits per heavy atom. The Bertz CT molecular complexity index is 1150. The number of hydrogen-bond donors (Lipinski definition) is 2. The molecule has 3 rings (SSSR count). The van der Waals surface area contributed by atoms with Gasteiger partial charge in [-0.2, -0.15) is 0 Å². The number of benzene rings is 2. The van der Waals surface area contributed by atoms with Gasteiger partial charge in [-0.3, -0.25) is 9.79 Å². The van der Waals surface area contributed by atoms with Crippen LogP contribution in [0, 0.1) is 24.5 Å². The summed E-state index contributed by atoms with van der Waals surface area (Å²) >= 11 is 0. The van der Waals surface area contributed by atoms with Crippen molar-refractivity contribution in [3.05, 3.63) is 88.4 Å². The number of aliphatic imine (C=N–C) groups is 1. The van der Waals surface area contributed by atoms with Crippen molar-refractivity contribution in [2.75, 3.05) is 18.9 Å². The first-order valence-corrected chi connectivity index (χ1v) is 11.4. The molecule has 0 aliphatic carbocycles. The van der Waals surface area contributed by atoms with Gasteiger partial charge in [0.1, 0.15) is 11.6 Å². The minimum atomic E-state index is -0.602. The van der Waals surface area contributed by atoms with Crippen LogP contribution in [0.2, 0.25) is 0 Å². The van der Waals surface area contributed by atoms with Gasteiger partial charge in [-0.05, 0) is 62.2 Å². The Kier molecular flexibility index (Phi) is 8.21. The van der Waals surface area contributed by atoms with Gasteiger partial charge in [0.2, 0.25) is 5.91 Å². The Balaban J connectivity index is 0.00000324. The summed E-state index contributed by atoms with van der Waals surface area (Å²) in [6, 6.07) is 8.70. The van der Waals surface area contributed by atoms with E-state index in [4.69, 9.17) is 0 Å². The number of amides is 1. The predicted octanol–water partition coefficient (Wildman–Crippen LogP) is 5.99. The number of carbonyl (C=O) groups is 1. The van der Waals surface area contributed by atoms with Crippen molar-refractivity contribution < 1.29 is 16.4 Å². The largest absolute Gasteiger partial charge is 0.379 e. The van der Waals surface area contributed by atoms with Gasteiger partial charge in [0.05, 0.1) is 18.3 Å². The summed E-state index contributed by atoms with van der Waals surface area (Å²) in [5, 5.41) is 6.29. The first-order valence-electron chi connectivity index (χ1n) is 11.4. The van der Waals surface area contributed by atoms with Crippen molar-refractivity contribution >= 4 is 17.8 Å². The molecule has 2 N–H and O–H groups in total. The van der Waals surface area contributed by atoms with Gasteiger partial charge >= 0.3 is 0 Å². The molecule has 2 aromatic rings. The Hall–Kier alpha value is -3.48. The number of aryl methyl sites for hydroxylation is 1. The first kappa shape index (κ1) is 25.1. The molecule has 184 valence electrons. The SMILES string of the molecule is CCN(C)/C=C1/N=CC(N[C@@H](C)c2cc(NC(=O)Cc3cc(F)ccc3F)ccc2C)=CC1C.[HH].[HH]. The van der Waals surface area contributed by atoms with Crippen LogP contribution >= 0.6 is 0 Å². The van der Waals surface area contributed by atoms with E-state index in [0.29, 0.717) is 5.69 Å². The number of allylic oxidation sites excluding steroid dienone is 2. The topological polar surface area (TPSA) is 56.7 Å². The van der Waals surface area contributed by atoms with Crippen LogP contribution < -0.4 is 10.6 Å². The van der Waals surface area contributed by atoms with Crippen LogP contribution in [0.15, 0.2) is 65.1 Å². The molecule has 0 saturated carbocycles. The van der Waals surface area contributed by atoms with Crippen LogP contribution in [-0.4, -0.2) is 30.6 Å². The van der Waals surface area contributed by atoms with Gasteiger partial charge in [-0.15, -0.1) is 0 Å². The maximum atomic E-state index is 13.9. The summed E-state index contributed by atoms with van der Waals surface area (Å²) in [4.78, 5) is 19.2. The zero-order valence-electron chi connectivity index (χ0n) is 20.3. The second-order valence-corrected chi connectivity index (χ2v) is 8.69. The molecule has 0 radical (unpaired) electrons. The first-order chi connectivity index (χ1) is 16.2. The average molecular weight is 471 g/mol. The van der Waals surface area contributed by atoms with Gasteiger partial charge in [-0.1, -0.05) is 19.1 Å². The highest BCUT2D eigenvalue weighted by atomic mass is 19.1. The molecule has 0 bridgehead atoms. The van der Waals surface area contributed by atoms with E-state index >= 15 is 0 Å². The van der Waals surface area contributed by atoms with Crippen molar-refractivity contribution in [3.8, 4) is 0 Å². The lowest BCUT2D eigenvalue weighted by Gasteiger charge is -2.23. The number of anilines is 1. The predicted molar refractivity (Wildman–Crippen MR) is 138 cm³/mol. The number of carbonyl (C=O) groups excluding carboxylic acids is 1. The van der Waals surface area contributed by atoms with Crippen LogP contribution in [0.3, 0.4) is 0 Å². The molecule has 0 fully saturated rings. The summed E-state index contributed by atoms with van der Waals surface area (Å²) in [6.07, 6.45) is 5.79. The molecule has 1 heterocycles. The van der Waals surface area contributed by atoms with Crippen LogP contribution in [0.1, 0.15) is 46.4 Å². The highest BCUT2D eigenvalue weighted by Gasteiger charge is 2.16. The fourth-order valence-corrected chi connectivity index (χ4v) is 3.78. The van der Waals surface area contributed by atoms with Crippen LogP contribution in [0.25, 0.3) is 0 Å². The van der Waals surface area contributed by atoms with Crippen molar-refractivity contribution in [1.29, 1.82) is 0 Å². The van der Waals surface area contributed by atoms with Crippen molar-refractivity contribution in [2.45, 2.75) is 40.2 Å². The molecule has 1 aliphatic rings. The number of nitrogens with one attached hydrogen (secondary N) is 2. The molecule has 2 atom stereocenters. The number of dihydropyridines is 1. The highest BCUT2D eigenvalue weighted by Crippen LogP contribution is 2.25. The third kappa shape index (κ3) is 6.53. The minimum absolute atomic E-state index is 0. The molecule has 5 nitrogen and oxygen atoms in total. The summed E-state index contributed by atoms with van der Waals surface area (Å²) in [6.45, 7) is 9.18. The van der Waals surface area contributed by atoms with E-state index in [0.717, 1.165) is 47.3 Å². The van der Waals surface area contributed by atoms with Crippen molar-refractivity contribution in [1.82, 2.24) is 10.2 Å². The Morgan fingerprint density at radius 3 is 2.74 bits per heavy atom. The molecule has 1 aliphatic heterocycles. The zero-order valence-corrected chi connectivity index (χ0v) is 20.3. The third-order valence-electron chi connectivity index (χ3n) is 5.87. The summed E-state index contributed by atoms with van der Waals surface area (Å²) in [5.74, 6) is -1.40. The van der Waals surface area contributed by atoms with E-state index in [-0.39, 0.29) is 26.8 Å². The maximum Gasteiger partial charge on any atom is 0.228 e. The van der Waals surface area contributed by atoms with Gasteiger partial charge in [-0.25, -0.2) is 8.78 Å². The molecule has 2 aromatic carbocycles. The zero-order chi connectivity index (χ0) is 24.8.